The molecule has 0 aromatic carbocycles. The molecule has 0 aliphatic rings. The maximum absolute atomic E-state index is 10.1. The van der Waals surface area contributed by atoms with Gasteiger partial charge in [-0.1, -0.05) is 59.3 Å². The number of aliphatic hydroxyl groups excluding tert-OH is 2. The maximum atomic E-state index is 10.1. The van der Waals surface area contributed by atoms with Crippen LogP contribution in [0.5, 0.6) is 0 Å². The number of aliphatic carboxylic acids is 1. The average molecular weight is 276 g/mol. The molecule has 0 unspecified atom stereocenters. The minimum absolute atomic E-state index is 0.0451. The van der Waals surface area contributed by atoms with E-state index in [1.54, 1.807) is 13.8 Å². The van der Waals surface area contributed by atoms with Crippen LogP contribution in [0, 0.1) is 5.41 Å². The molecule has 0 rings (SSSR count). The van der Waals surface area contributed by atoms with Gasteiger partial charge in [-0.25, -0.2) is 0 Å². The van der Waals surface area contributed by atoms with Gasteiger partial charge >= 0.3 is 5.97 Å². The first-order chi connectivity index (χ1) is 8.89. The highest BCUT2D eigenvalue weighted by Crippen LogP contribution is 2.10. The summed E-state index contributed by atoms with van der Waals surface area (Å²) in [6, 6.07) is 0. The lowest BCUT2D eigenvalue weighted by atomic mass is 9.97. The predicted octanol–water partition coefficient (Wildman–Crippen LogP) is 3.21. The molecule has 0 amide bonds. The van der Waals surface area contributed by atoms with E-state index in [0.29, 0.717) is 6.42 Å². The Balaban J connectivity index is 0. The summed E-state index contributed by atoms with van der Waals surface area (Å²) in [4.78, 5) is 10.1. The van der Waals surface area contributed by atoms with Crippen molar-refractivity contribution in [2.75, 3.05) is 13.2 Å². The second-order valence-corrected chi connectivity index (χ2v) is 5.75. The zero-order valence-electron chi connectivity index (χ0n) is 12.8. The van der Waals surface area contributed by atoms with E-state index >= 15 is 0 Å². The largest absolute Gasteiger partial charge is 0.481 e. The predicted molar refractivity (Wildman–Crippen MR) is 78.2 cm³/mol. The van der Waals surface area contributed by atoms with E-state index in [1.165, 1.54) is 32.1 Å². The normalized spacial score (nSPS) is 10.8. The number of rotatable bonds is 10. The monoisotopic (exact) mass is 276 g/mol. The Morgan fingerprint density at radius 1 is 0.895 bits per heavy atom. The van der Waals surface area contributed by atoms with E-state index in [-0.39, 0.29) is 18.6 Å². The van der Waals surface area contributed by atoms with Crippen molar-refractivity contribution < 1.29 is 20.1 Å². The highest BCUT2D eigenvalue weighted by atomic mass is 16.4. The molecule has 0 saturated heterocycles. The summed E-state index contributed by atoms with van der Waals surface area (Å²) in [6.45, 7) is 5.89. The van der Waals surface area contributed by atoms with Crippen molar-refractivity contribution in [1.82, 2.24) is 0 Å². The minimum Gasteiger partial charge on any atom is -0.481 e. The van der Waals surface area contributed by atoms with Crippen LogP contribution in [0.15, 0.2) is 0 Å². The zero-order chi connectivity index (χ0) is 15.1. The molecule has 0 bridgehead atoms. The number of aliphatic hydroxyl groups is 2. The third-order valence-corrected chi connectivity index (χ3v) is 2.85. The third-order valence-electron chi connectivity index (χ3n) is 2.85. The van der Waals surface area contributed by atoms with E-state index in [4.69, 9.17) is 15.3 Å². The summed E-state index contributed by atoms with van der Waals surface area (Å²) in [7, 11) is 0. The minimum atomic E-state index is -0.663. The van der Waals surface area contributed by atoms with E-state index in [9.17, 15) is 4.79 Å². The fourth-order valence-corrected chi connectivity index (χ4v) is 1.28. The van der Waals surface area contributed by atoms with Crippen molar-refractivity contribution >= 4 is 5.97 Å². The molecule has 4 nitrogen and oxygen atoms in total. The van der Waals surface area contributed by atoms with Crippen LogP contribution >= 0.6 is 0 Å². The van der Waals surface area contributed by atoms with Gasteiger partial charge in [-0.15, -0.1) is 0 Å². The van der Waals surface area contributed by atoms with Gasteiger partial charge in [0.1, 0.15) is 0 Å². The van der Waals surface area contributed by atoms with Gasteiger partial charge in [0.25, 0.3) is 0 Å². The van der Waals surface area contributed by atoms with Crippen LogP contribution < -0.4 is 0 Å². The molecule has 19 heavy (non-hydrogen) atoms. The summed E-state index contributed by atoms with van der Waals surface area (Å²) in [6.07, 6.45) is 8.64. The Bertz CT molecular complexity index is 196. The van der Waals surface area contributed by atoms with Gasteiger partial charge < -0.3 is 15.3 Å². The van der Waals surface area contributed by atoms with Gasteiger partial charge in [-0.3, -0.25) is 4.79 Å². The number of carboxylic acids is 1. The Labute approximate surface area is 117 Å². The first-order valence-corrected chi connectivity index (χ1v) is 7.33. The number of hydrogen-bond donors (Lipinski definition) is 3. The van der Waals surface area contributed by atoms with Crippen LogP contribution in [0.25, 0.3) is 0 Å². The van der Waals surface area contributed by atoms with Crippen LogP contribution in [0.3, 0.4) is 0 Å². The molecule has 0 aromatic heterocycles. The molecule has 0 radical (unpaired) electrons. The fourth-order valence-electron chi connectivity index (χ4n) is 1.28. The molecule has 0 atom stereocenters. The molecule has 0 aliphatic heterocycles. The maximum Gasteiger partial charge on any atom is 0.303 e. The van der Waals surface area contributed by atoms with E-state index in [2.05, 4.69) is 6.92 Å². The van der Waals surface area contributed by atoms with Gasteiger partial charge in [-0.2, -0.15) is 0 Å². The molecular formula is C15H32O4. The molecular weight excluding hydrogens is 244 g/mol. The van der Waals surface area contributed by atoms with Gasteiger partial charge in [0.2, 0.25) is 0 Å². The molecule has 0 aliphatic carbocycles. The molecule has 116 valence electrons. The third kappa shape index (κ3) is 19.9. The fraction of sp³-hybridized carbons (Fsp3) is 0.933. The van der Waals surface area contributed by atoms with Gasteiger partial charge in [0.05, 0.1) is 13.2 Å². The number of carboxylic acid groups (broad SMARTS) is 1. The lowest BCUT2D eigenvalue weighted by Gasteiger charge is -2.16. The highest BCUT2D eigenvalue weighted by molar-refractivity contribution is 5.66. The average Bonchev–Trinajstić information content (AvgIpc) is 2.38. The Morgan fingerprint density at radius 3 is 1.63 bits per heavy atom. The second-order valence-electron chi connectivity index (χ2n) is 5.75. The molecule has 0 spiro atoms. The number of carbonyl (C=O) groups is 1. The highest BCUT2D eigenvalue weighted by Gasteiger charge is 2.13. The Morgan fingerprint density at radius 2 is 1.32 bits per heavy atom. The lowest BCUT2D eigenvalue weighted by molar-refractivity contribution is -0.137. The topological polar surface area (TPSA) is 77.8 Å². The number of unbranched alkanes of at least 4 members (excludes halogenated alkanes) is 6. The van der Waals surface area contributed by atoms with Gasteiger partial charge in [0, 0.05) is 11.8 Å². The van der Waals surface area contributed by atoms with Crippen molar-refractivity contribution in [3.05, 3.63) is 0 Å². The van der Waals surface area contributed by atoms with E-state index in [1.807, 2.05) is 0 Å². The van der Waals surface area contributed by atoms with Crippen LogP contribution in [0.1, 0.15) is 72.1 Å². The van der Waals surface area contributed by atoms with Crippen molar-refractivity contribution in [1.29, 1.82) is 0 Å². The van der Waals surface area contributed by atoms with Crippen molar-refractivity contribution in [2.45, 2.75) is 72.1 Å². The molecule has 0 saturated carbocycles. The van der Waals surface area contributed by atoms with Gasteiger partial charge in [0.15, 0.2) is 0 Å². The molecule has 4 heteroatoms. The summed E-state index contributed by atoms with van der Waals surface area (Å²) in [5.41, 5.74) is -0.306. The Hall–Kier alpha value is -0.610. The molecule has 3 N–H and O–H groups in total. The van der Waals surface area contributed by atoms with Crippen LogP contribution in [-0.2, 0) is 4.79 Å². The van der Waals surface area contributed by atoms with Gasteiger partial charge in [-0.05, 0) is 6.42 Å². The van der Waals surface area contributed by atoms with E-state index in [0.717, 1.165) is 12.8 Å². The summed E-state index contributed by atoms with van der Waals surface area (Å²) < 4.78 is 0. The summed E-state index contributed by atoms with van der Waals surface area (Å²) in [5, 5.41) is 25.2. The molecule has 0 aromatic rings. The van der Waals surface area contributed by atoms with Crippen LogP contribution in [-0.4, -0.2) is 34.5 Å². The van der Waals surface area contributed by atoms with Crippen molar-refractivity contribution in [3.8, 4) is 0 Å². The van der Waals surface area contributed by atoms with Crippen LogP contribution in [0.4, 0.5) is 0 Å². The van der Waals surface area contributed by atoms with Crippen molar-refractivity contribution in [3.63, 3.8) is 0 Å². The first-order valence-electron chi connectivity index (χ1n) is 7.33. The van der Waals surface area contributed by atoms with Crippen LogP contribution in [0.2, 0.25) is 0 Å². The standard InChI is InChI=1S/C10H20O2.C5H12O2/c1-2-3-4-5-6-7-8-9-10(11)12;1-5(2,3-6)4-7/h2-9H2,1H3,(H,11,12);6-7H,3-4H2,1-2H3. The lowest BCUT2D eigenvalue weighted by Crippen LogP contribution is -2.20. The zero-order valence-corrected chi connectivity index (χ0v) is 12.8. The SMILES string of the molecule is CC(C)(CO)CO.CCCCCCCCCC(=O)O. The smallest absolute Gasteiger partial charge is 0.303 e. The van der Waals surface area contributed by atoms with Crippen molar-refractivity contribution in [2.24, 2.45) is 5.41 Å². The first kappa shape index (κ1) is 20.7. The Kier molecular flexibility index (Phi) is 15.1. The summed E-state index contributed by atoms with van der Waals surface area (Å²) in [5.74, 6) is -0.663. The molecule has 0 heterocycles. The quantitative estimate of drug-likeness (QED) is 0.535. The second kappa shape index (κ2) is 13.8. The van der Waals surface area contributed by atoms with E-state index < -0.39 is 5.97 Å². The summed E-state index contributed by atoms with van der Waals surface area (Å²) >= 11 is 0. The molecule has 0 fully saturated rings. The number of hydrogen-bond acceptors (Lipinski definition) is 3.